The van der Waals surface area contributed by atoms with Crippen molar-refractivity contribution in [2.24, 2.45) is 0 Å². The Bertz CT molecular complexity index is 860. The molecule has 0 heterocycles. The van der Waals surface area contributed by atoms with Crippen molar-refractivity contribution in [2.75, 3.05) is 0 Å². The van der Waals surface area contributed by atoms with Crippen LogP contribution in [0.1, 0.15) is 29.8 Å². The Morgan fingerprint density at radius 2 is 1.43 bits per heavy atom. The topological polar surface area (TPSA) is 85.6 Å². The summed E-state index contributed by atoms with van der Waals surface area (Å²) in [5.74, 6) is -0.955. The molecule has 0 aliphatic heterocycles. The van der Waals surface area contributed by atoms with E-state index in [2.05, 4.69) is 4.74 Å². The molecule has 2 rings (SSSR count). The fraction of sp³-hybridized carbons (Fsp3) is 0.250. The zero-order valence-corrected chi connectivity index (χ0v) is 15.1. The van der Waals surface area contributed by atoms with Crippen LogP contribution in [0, 0.1) is 11.3 Å². The highest BCUT2D eigenvalue weighted by Crippen LogP contribution is 2.18. The lowest BCUT2D eigenvalue weighted by atomic mass is 10.1. The van der Waals surface area contributed by atoms with Gasteiger partial charge in [0, 0.05) is 5.56 Å². The number of hydrogen-bond donors (Lipinski definition) is 0. The molecular formula is C20H17F2NO5. The van der Waals surface area contributed by atoms with Gasteiger partial charge in [-0.05, 0) is 62.4 Å². The van der Waals surface area contributed by atoms with Gasteiger partial charge < -0.3 is 14.2 Å². The zero-order chi connectivity index (χ0) is 20.7. The van der Waals surface area contributed by atoms with Crippen LogP contribution in [-0.4, -0.2) is 30.6 Å². The first-order chi connectivity index (χ1) is 13.3. The van der Waals surface area contributed by atoms with Crippen LogP contribution in [-0.2, 0) is 9.53 Å². The molecular weight excluding hydrogens is 372 g/mol. The van der Waals surface area contributed by atoms with Crippen LogP contribution in [0.4, 0.5) is 8.78 Å². The summed E-state index contributed by atoms with van der Waals surface area (Å²) in [5.41, 5.74) is 0.634. The third kappa shape index (κ3) is 5.77. The quantitative estimate of drug-likeness (QED) is 0.505. The van der Waals surface area contributed by atoms with Crippen LogP contribution >= 0.6 is 0 Å². The maximum Gasteiger partial charge on any atom is 0.387 e. The Labute approximate surface area is 160 Å². The van der Waals surface area contributed by atoms with Gasteiger partial charge in [-0.15, -0.1) is 0 Å². The smallest absolute Gasteiger partial charge is 0.387 e. The van der Waals surface area contributed by atoms with Gasteiger partial charge in [0.15, 0.2) is 12.2 Å². The average molecular weight is 389 g/mol. The van der Waals surface area contributed by atoms with Gasteiger partial charge in [0.2, 0.25) is 5.78 Å². The molecule has 2 atom stereocenters. The van der Waals surface area contributed by atoms with E-state index < -0.39 is 30.6 Å². The summed E-state index contributed by atoms with van der Waals surface area (Å²) in [4.78, 5) is 24.5. The normalized spacial score (nSPS) is 12.6. The molecule has 8 heteroatoms. The average Bonchev–Trinajstić information content (AvgIpc) is 2.68. The van der Waals surface area contributed by atoms with Gasteiger partial charge >= 0.3 is 12.6 Å². The lowest BCUT2D eigenvalue weighted by molar-refractivity contribution is -0.153. The van der Waals surface area contributed by atoms with Crippen molar-refractivity contribution in [3.63, 3.8) is 0 Å². The van der Waals surface area contributed by atoms with Crippen molar-refractivity contribution >= 4 is 11.8 Å². The number of esters is 1. The molecule has 2 aromatic rings. The minimum absolute atomic E-state index is 0.0827. The van der Waals surface area contributed by atoms with E-state index in [9.17, 15) is 18.4 Å². The monoisotopic (exact) mass is 389 g/mol. The molecule has 0 amide bonds. The van der Waals surface area contributed by atoms with Gasteiger partial charge in [0.05, 0.1) is 11.6 Å². The third-order valence-electron chi connectivity index (χ3n) is 3.65. The third-order valence-corrected chi connectivity index (χ3v) is 3.65. The van der Waals surface area contributed by atoms with Crippen molar-refractivity contribution in [2.45, 2.75) is 32.7 Å². The summed E-state index contributed by atoms with van der Waals surface area (Å²) < 4.78 is 39.1. The van der Waals surface area contributed by atoms with Crippen LogP contribution in [0.25, 0.3) is 0 Å². The predicted molar refractivity (Wildman–Crippen MR) is 94.2 cm³/mol. The summed E-state index contributed by atoms with van der Waals surface area (Å²) in [6.45, 7) is -0.0917. The lowest BCUT2D eigenvalue weighted by Crippen LogP contribution is -2.32. The second kappa shape index (κ2) is 9.46. The van der Waals surface area contributed by atoms with Crippen LogP contribution in [0.2, 0.25) is 0 Å². The minimum Gasteiger partial charge on any atom is -0.479 e. The number of alkyl halides is 2. The molecule has 6 nitrogen and oxygen atoms in total. The first-order valence-corrected chi connectivity index (χ1v) is 8.26. The molecule has 0 spiro atoms. The number of carbonyl (C=O) groups excluding carboxylic acids is 2. The van der Waals surface area contributed by atoms with Gasteiger partial charge in [-0.3, -0.25) is 4.79 Å². The predicted octanol–water partition coefficient (Wildman–Crippen LogP) is 3.74. The zero-order valence-electron chi connectivity index (χ0n) is 15.1. The molecule has 0 saturated carbocycles. The molecule has 0 saturated heterocycles. The first kappa shape index (κ1) is 20.8. The van der Waals surface area contributed by atoms with E-state index >= 15 is 0 Å². The van der Waals surface area contributed by atoms with Gasteiger partial charge in [0.1, 0.15) is 11.5 Å². The molecule has 28 heavy (non-hydrogen) atoms. The van der Waals surface area contributed by atoms with Crippen molar-refractivity contribution in [1.82, 2.24) is 0 Å². The highest BCUT2D eigenvalue weighted by molar-refractivity contribution is 6.00. The van der Waals surface area contributed by atoms with Crippen LogP contribution < -0.4 is 9.47 Å². The van der Waals surface area contributed by atoms with Crippen molar-refractivity contribution in [1.29, 1.82) is 5.26 Å². The Hall–Kier alpha value is -3.47. The SMILES string of the molecule is C[C@H](OC(=O)[C@@H](C)Oc1ccc(C#N)cc1)C(=O)c1ccc(OC(F)F)cc1. The summed E-state index contributed by atoms with van der Waals surface area (Å²) in [7, 11) is 0. The maximum absolute atomic E-state index is 12.3. The molecule has 0 fully saturated rings. The second-order valence-corrected chi connectivity index (χ2v) is 5.74. The fourth-order valence-electron chi connectivity index (χ4n) is 2.22. The number of ketones is 1. The number of nitriles is 1. The number of halogens is 2. The van der Waals surface area contributed by atoms with Gasteiger partial charge in [0.25, 0.3) is 0 Å². The van der Waals surface area contributed by atoms with Gasteiger partial charge in [-0.25, -0.2) is 4.79 Å². The number of rotatable bonds is 8. The van der Waals surface area contributed by atoms with Crippen molar-refractivity contribution in [3.05, 3.63) is 59.7 Å². The highest BCUT2D eigenvalue weighted by atomic mass is 19.3. The van der Waals surface area contributed by atoms with Gasteiger partial charge in [-0.1, -0.05) is 0 Å². The van der Waals surface area contributed by atoms with Crippen LogP contribution in [0.5, 0.6) is 11.5 Å². The summed E-state index contributed by atoms with van der Waals surface area (Å²) in [6, 6.07) is 13.2. The molecule has 146 valence electrons. The van der Waals surface area contributed by atoms with E-state index in [1.165, 1.54) is 38.1 Å². The molecule has 0 radical (unpaired) electrons. The van der Waals surface area contributed by atoms with E-state index in [0.29, 0.717) is 11.3 Å². The maximum atomic E-state index is 12.3. The second-order valence-electron chi connectivity index (χ2n) is 5.74. The Morgan fingerprint density at radius 1 is 0.893 bits per heavy atom. The standard InChI is InChI=1S/C20H17F2NO5/c1-12(18(24)15-5-9-17(10-6-15)28-20(21)22)27-19(25)13(2)26-16-7-3-14(11-23)4-8-16/h3-10,12-13,20H,1-2H3/t12-,13+/m0/s1. The van der Waals surface area contributed by atoms with E-state index in [4.69, 9.17) is 14.7 Å². The summed E-state index contributed by atoms with van der Waals surface area (Å²) >= 11 is 0. The lowest BCUT2D eigenvalue weighted by Gasteiger charge is -2.17. The van der Waals surface area contributed by atoms with E-state index in [1.54, 1.807) is 24.3 Å². The summed E-state index contributed by atoms with van der Waals surface area (Å²) in [6.07, 6.45) is -2.08. The van der Waals surface area contributed by atoms with E-state index in [-0.39, 0.29) is 11.3 Å². The van der Waals surface area contributed by atoms with E-state index in [1.807, 2.05) is 6.07 Å². The van der Waals surface area contributed by atoms with Crippen molar-refractivity contribution in [3.8, 4) is 17.6 Å². The highest BCUT2D eigenvalue weighted by Gasteiger charge is 2.24. The van der Waals surface area contributed by atoms with Crippen LogP contribution in [0.3, 0.4) is 0 Å². The number of hydrogen-bond acceptors (Lipinski definition) is 6. The molecule has 2 aromatic carbocycles. The Morgan fingerprint density at radius 3 is 1.96 bits per heavy atom. The van der Waals surface area contributed by atoms with Crippen molar-refractivity contribution < 1.29 is 32.6 Å². The molecule has 0 aromatic heterocycles. The molecule has 0 unspecified atom stereocenters. The number of carbonyl (C=O) groups is 2. The fourth-order valence-corrected chi connectivity index (χ4v) is 2.22. The summed E-state index contributed by atoms with van der Waals surface area (Å²) in [5, 5.41) is 8.76. The first-order valence-electron chi connectivity index (χ1n) is 8.26. The molecule has 0 bridgehead atoms. The number of ether oxygens (including phenoxy) is 3. The molecule has 0 aliphatic rings. The largest absolute Gasteiger partial charge is 0.479 e. The Kier molecular flexibility index (Phi) is 7.04. The van der Waals surface area contributed by atoms with Gasteiger partial charge in [-0.2, -0.15) is 14.0 Å². The molecule has 0 N–H and O–H groups in total. The number of benzene rings is 2. The van der Waals surface area contributed by atoms with E-state index in [0.717, 1.165) is 0 Å². The number of nitrogens with zero attached hydrogens (tertiary/aromatic N) is 1. The van der Waals surface area contributed by atoms with Crippen LogP contribution in [0.15, 0.2) is 48.5 Å². The minimum atomic E-state index is -2.96. The molecule has 0 aliphatic carbocycles. The Balaban J connectivity index is 1.92. The number of Topliss-reactive ketones (excluding diaryl/α,β-unsaturated/α-hetero) is 1.